The molecule has 0 unspecified atom stereocenters. The predicted octanol–water partition coefficient (Wildman–Crippen LogP) is 5.39. The lowest BCUT2D eigenvalue weighted by Crippen LogP contribution is -2.38. The first-order valence-electron chi connectivity index (χ1n) is 7.99. The number of hydrogen-bond donors (Lipinski definition) is 0. The molecule has 0 radical (unpaired) electrons. The number of benzene rings is 1. The van der Waals surface area contributed by atoms with Crippen molar-refractivity contribution in [1.29, 1.82) is 0 Å². The van der Waals surface area contributed by atoms with Gasteiger partial charge in [0.1, 0.15) is 17.0 Å². The largest absolute Gasteiger partial charge is 0.353 e. The van der Waals surface area contributed by atoms with Crippen molar-refractivity contribution in [2.75, 3.05) is 11.4 Å². The minimum atomic E-state index is 0.528. The molecule has 1 aromatic carbocycles. The maximum Gasteiger partial charge on any atom is 0.141 e. The molecule has 0 spiro atoms. The summed E-state index contributed by atoms with van der Waals surface area (Å²) in [4.78, 5) is 12.6. The minimum absolute atomic E-state index is 0.528. The quantitative estimate of drug-likeness (QED) is 0.624. The van der Waals surface area contributed by atoms with Gasteiger partial charge in [-0.15, -0.1) is 11.3 Å². The van der Waals surface area contributed by atoms with Gasteiger partial charge in [0.25, 0.3) is 0 Å². The van der Waals surface area contributed by atoms with Gasteiger partial charge in [0.2, 0.25) is 0 Å². The maximum atomic E-state index is 6.03. The van der Waals surface area contributed by atoms with E-state index in [4.69, 9.17) is 11.6 Å². The second-order valence-corrected chi connectivity index (χ2v) is 7.37. The Balaban J connectivity index is 1.88. The van der Waals surface area contributed by atoms with Gasteiger partial charge >= 0.3 is 0 Å². The van der Waals surface area contributed by atoms with Crippen molar-refractivity contribution in [1.82, 2.24) is 9.97 Å². The molecule has 3 nitrogen and oxygen atoms in total. The van der Waals surface area contributed by atoms with Gasteiger partial charge in [-0.2, -0.15) is 0 Å². The number of hydrogen-bond acceptors (Lipinski definition) is 4. The van der Waals surface area contributed by atoms with Crippen LogP contribution in [-0.2, 0) is 0 Å². The standard InChI is InChI=1S/C18H18ClN3S/c1-12-4-2-3-9-22(12)17-16-15(10-23-18(16)21-11-20-17)13-5-7-14(19)8-6-13/h5-8,10-12H,2-4,9H2,1H3/t12-/m1/s1. The Morgan fingerprint density at radius 2 is 2.00 bits per heavy atom. The third kappa shape index (κ3) is 2.70. The third-order valence-corrected chi connectivity index (χ3v) is 5.72. The highest BCUT2D eigenvalue weighted by atomic mass is 35.5. The van der Waals surface area contributed by atoms with Crippen LogP contribution in [0.4, 0.5) is 5.82 Å². The normalized spacial score (nSPS) is 18.5. The van der Waals surface area contributed by atoms with Crippen LogP contribution < -0.4 is 4.90 Å². The molecule has 0 amide bonds. The Kier molecular flexibility index (Phi) is 3.95. The van der Waals surface area contributed by atoms with Crippen LogP contribution in [-0.4, -0.2) is 22.6 Å². The van der Waals surface area contributed by atoms with Gasteiger partial charge < -0.3 is 4.90 Å². The highest BCUT2D eigenvalue weighted by molar-refractivity contribution is 7.17. The predicted molar refractivity (Wildman–Crippen MR) is 98.5 cm³/mol. The van der Waals surface area contributed by atoms with Gasteiger partial charge in [-0.05, 0) is 43.9 Å². The SMILES string of the molecule is C[C@@H]1CCCCN1c1ncnc2scc(-c3ccc(Cl)cc3)c12. The van der Waals surface area contributed by atoms with Crippen molar-refractivity contribution in [3.05, 3.63) is 41.0 Å². The molecule has 3 aromatic rings. The molecule has 4 rings (SSSR count). The fourth-order valence-electron chi connectivity index (χ4n) is 3.33. The summed E-state index contributed by atoms with van der Waals surface area (Å²) in [5.74, 6) is 1.08. The number of halogens is 1. The summed E-state index contributed by atoms with van der Waals surface area (Å²) < 4.78 is 0. The van der Waals surface area contributed by atoms with Crippen molar-refractivity contribution in [3.63, 3.8) is 0 Å². The Labute approximate surface area is 144 Å². The van der Waals surface area contributed by atoms with Crippen LogP contribution in [0.1, 0.15) is 26.2 Å². The number of nitrogens with zero attached hydrogens (tertiary/aromatic N) is 3. The molecular formula is C18H18ClN3S. The zero-order valence-corrected chi connectivity index (χ0v) is 14.6. The maximum absolute atomic E-state index is 6.03. The van der Waals surface area contributed by atoms with Crippen molar-refractivity contribution in [2.45, 2.75) is 32.2 Å². The van der Waals surface area contributed by atoms with E-state index in [9.17, 15) is 0 Å². The number of thiophene rings is 1. The highest BCUT2D eigenvalue weighted by Crippen LogP contribution is 2.39. The molecule has 1 aliphatic heterocycles. The zero-order chi connectivity index (χ0) is 15.8. The number of fused-ring (bicyclic) bond motifs is 1. The summed E-state index contributed by atoms with van der Waals surface area (Å²) in [6.07, 6.45) is 5.46. The van der Waals surface area contributed by atoms with Gasteiger partial charge in [0.15, 0.2) is 0 Å². The topological polar surface area (TPSA) is 29.0 Å². The molecule has 1 aliphatic rings. The average molecular weight is 344 g/mol. The van der Waals surface area contributed by atoms with E-state index in [2.05, 4.69) is 39.3 Å². The van der Waals surface area contributed by atoms with E-state index in [0.29, 0.717) is 6.04 Å². The first-order valence-corrected chi connectivity index (χ1v) is 9.24. The van der Waals surface area contributed by atoms with E-state index in [-0.39, 0.29) is 0 Å². The van der Waals surface area contributed by atoms with Crippen molar-refractivity contribution >= 4 is 39.0 Å². The van der Waals surface area contributed by atoms with Crippen LogP contribution in [0.25, 0.3) is 21.3 Å². The Hall–Kier alpha value is -1.65. The molecule has 1 atom stereocenters. The van der Waals surface area contributed by atoms with Gasteiger partial charge in [0, 0.05) is 28.6 Å². The first-order chi connectivity index (χ1) is 11.2. The van der Waals surface area contributed by atoms with E-state index < -0.39 is 0 Å². The van der Waals surface area contributed by atoms with Gasteiger partial charge in [-0.25, -0.2) is 9.97 Å². The van der Waals surface area contributed by atoms with Crippen LogP contribution in [0.3, 0.4) is 0 Å². The summed E-state index contributed by atoms with van der Waals surface area (Å²) in [5.41, 5.74) is 2.37. The first kappa shape index (κ1) is 14.9. The summed E-state index contributed by atoms with van der Waals surface area (Å²) in [5, 5.41) is 4.11. The van der Waals surface area contributed by atoms with Gasteiger partial charge in [0.05, 0.1) is 5.39 Å². The van der Waals surface area contributed by atoms with E-state index in [1.165, 1.54) is 35.8 Å². The highest BCUT2D eigenvalue weighted by Gasteiger charge is 2.23. The van der Waals surface area contributed by atoms with E-state index >= 15 is 0 Å². The molecule has 1 saturated heterocycles. The number of piperidine rings is 1. The van der Waals surface area contributed by atoms with E-state index in [1.807, 2.05) is 12.1 Å². The lowest BCUT2D eigenvalue weighted by atomic mass is 10.0. The van der Waals surface area contributed by atoms with Crippen LogP contribution in [0.2, 0.25) is 5.02 Å². The van der Waals surface area contributed by atoms with Crippen molar-refractivity contribution in [3.8, 4) is 11.1 Å². The van der Waals surface area contributed by atoms with Crippen LogP contribution in [0.15, 0.2) is 36.0 Å². The van der Waals surface area contributed by atoms with Crippen molar-refractivity contribution < 1.29 is 0 Å². The molecule has 3 heterocycles. The van der Waals surface area contributed by atoms with Gasteiger partial charge in [-0.3, -0.25) is 0 Å². The van der Waals surface area contributed by atoms with Crippen LogP contribution in [0.5, 0.6) is 0 Å². The monoisotopic (exact) mass is 343 g/mol. The summed E-state index contributed by atoms with van der Waals surface area (Å²) in [6, 6.07) is 8.54. The fraction of sp³-hybridized carbons (Fsp3) is 0.333. The van der Waals surface area contributed by atoms with Crippen LogP contribution in [0, 0.1) is 0 Å². The van der Waals surface area contributed by atoms with Crippen LogP contribution >= 0.6 is 22.9 Å². The molecule has 23 heavy (non-hydrogen) atoms. The zero-order valence-electron chi connectivity index (χ0n) is 13.0. The molecule has 5 heteroatoms. The Bertz CT molecular complexity index is 828. The number of aromatic nitrogens is 2. The lowest BCUT2D eigenvalue weighted by molar-refractivity contribution is 0.482. The summed E-state index contributed by atoms with van der Waals surface area (Å²) in [6.45, 7) is 3.37. The second-order valence-electron chi connectivity index (χ2n) is 6.07. The molecule has 0 bridgehead atoms. The molecule has 118 valence electrons. The van der Waals surface area contributed by atoms with Gasteiger partial charge in [-0.1, -0.05) is 23.7 Å². The van der Waals surface area contributed by atoms with Crippen molar-refractivity contribution in [2.24, 2.45) is 0 Å². The second kappa shape index (κ2) is 6.10. The fourth-order valence-corrected chi connectivity index (χ4v) is 4.37. The molecule has 0 saturated carbocycles. The molecule has 0 aliphatic carbocycles. The molecular weight excluding hydrogens is 326 g/mol. The van der Waals surface area contributed by atoms with E-state index in [1.54, 1.807) is 17.7 Å². The molecule has 2 aromatic heterocycles. The molecule has 0 N–H and O–H groups in total. The summed E-state index contributed by atoms with van der Waals surface area (Å²) in [7, 11) is 0. The smallest absolute Gasteiger partial charge is 0.141 e. The van der Waals surface area contributed by atoms with E-state index in [0.717, 1.165) is 22.2 Å². The molecule has 1 fully saturated rings. The Morgan fingerprint density at radius 1 is 1.17 bits per heavy atom. The number of rotatable bonds is 2. The number of anilines is 1. The average Bonchev–Trinajstić information content (AvgIpc) is 3.00. The summed E-state index contributed by atoms with van der Waals surface area (Å²) >= 11 is 7.71. The minimum Gasteiger partial charge on any atom is -0.353 e. The third-order valence-electron chi connectivity index (χ3n) is 4.58. The Morgan fingerprint density at radius 3 is 2.78 bits per heavy atom. The lowest BCUT2D eigenvalue weighted by Gasteiger charge is -2.34.